The maximum Gasteiger partial charge on any atom is 0.251 e. The number of hydrogen-bond acceptors (Lipinski definition) is 4. The Morgan fingerprint density at radius 1 is 1.19 bits per heavy atom. The molecule has 0 radical (unpaired) electrons. The van der Waals surface area contributed by atoms with Crippen LogP contribution in [0.1, 0.15) is 49.9 Å². The normalized spacial score (nSPS) is 17.1. The van der Waals surface area contributed by atoms with Crippen molar-refractivity contribution in [3.05, 3.63) is 29.8 Å². The molecule has 1 fully saturated rings. The van der Waals surface area contributed by atoms with E-state index >= 15 is 0 Å². The summed E-state index contributed by atoms with van der Waals surface area (Å²) in [6.45, 7) is 6.54. The average molecular weight is 404 g/mol. The summed E-state index contributed by atoms with van der Waals surface area (Å²) >= 11 is 0. The summed E-state index contributed by atoms with van der Waals surface area (Å²) in [6, 6.07) is 6.55. The Bertz CT molecular complexity index is 653. The van der Waals surface area contributed by atoms with Gasteiger partial charge in [0.2, 0.25) is 10.0 Å². The highest BCUT2D eigenvalue weighted by Gasteiger charge is 2.23. The van der Waals surface area contributed by atoms with Crippen LogP contribution in [0.3, 0.4) is 0 Å². The van der Waals surface area contributed by atoms with Gasteiger partial charge in [-0.1, -0.05) is 13.8 Å². The van der Waals surface area contributed by atoms with E-state index < -0.39 is 10.0 Å². The van der Waals surface area contributed by atoms with Gasteiger partial charge in [-0.3, -0.25) is 4.79 Å². The fourth-order valence-corrected chi connectivity index (χ4v) is 4.65. The van der Waals surface area contributed by atoms with Gasteiger partial charge in [0.1, 0.15) is 0 Å². The van der Waals surface area contributed by atoms with Crippen LogP contribution in [0.2, 0.25) is 0 Å². The highest BCUT2D eigenvalue weighted by molar-refractivity contribution is 7.89. The Balaban J connectivity index is 0.00000338. The lowest BCUT2D eigenvalue weighted by Crippen LogP contribution is -2.37. The van der Waals surface area contributed by atoms with E-state index in [1.165, 1.54) is 16.4 Å². The summed E-state index contributed by atoms with van der Waals surface area (Å²) in [7, 11) is -3.50. The molecule has 1 aromatic rings. The molecule has 1 saturated heterocycles. The van der Waals surface area contributed by atoms with Crippen LogP contribution in [0.4, 0.5) is 0 Å². The molecule has 1 aliphatic rings. The minimum atomic E-state index is -3.50. The lowest BCUT2D eigenvalue weighted by Gasteiger charge is -2.21. The van der Waals surface area contributed by atoms with Gasteiger partial charge >= 0.3 is 0 Å². The van der Waals surface area contributed by atoms with Gasteiger partial charge in [0.15, 0.2) is 0 Å². The van der Waals surface area contributed by atoms with Crippen LogP contribution in [-0.2, 0) is 10.0 Å². The molecular weight excluding hydrogens is 374 g/mol. The van der Waals surface area contributed by atoms with Crippen LogP contribution in [0.25, 0.3) is 0 Å². The summed E-state index contributed by atoms with van der Waals surface area (Å²) in [6.07, 6.45) is 3.76. The van der Waals surface area contributed by atoms with Gasteiger partial charge in [-0.05, 0) is 56.5 Å². The van der Waals surface area contributed by atoms with E-state index in [4.69, 9.17) is 0 Å². The average Bonchev–Trinajstić information content (AvgIpc) is 3.13. The zero-order valence-electron chi connectivity index (χ0n) is 15.5. The number of sulfonamides is 1. The van der Waals surface area contributed by atoms with Gasteiger partial charge in [0.25, 0.3) is 5.91 Å². The second kappa shape index (κ2) is 10.9. The van der Waals surface area contributed by atoms with Crippen LogP contribution in [0.15, 0.2) is 29.2 Å². The van der Waals surface area contributed by atoms with Crippen molar-refractivity contribution in [1.29, 1.82) is 0 Å². The lowest BCUT2D eigenvalue weighted by atomic mass is 10.2. The van der Waals surface area contributed by atoms with Crippen molar-refractivity contribution in [1.82, 2.24) is 14.9 Å². The van der Waals surface area contributed by atoms with Crippen molar-refractivity contribution in [3.8, 4) is 0 Å². The molecular formula is C18H30ClN3O3S. The van der Waals surface area contributed by atoms with Crippen LogP contribution in [-0.4, -0.2) is 50.9 Å². The van der Waals surface area contributed by atoms with Crippen LogP contribution in [0.5, 0.6) is 0 Å². The minimum Gasteiger partial charge on any atom is -0.350 e. The van der Waals surface area contributed by atoms with Crippen molar-refractivity contribution in [2.45, 2.75) is 50.5 Å². The minimum absolute atomic E-state index is 0. The maximum atomic E-state index is 12.7. The number of benzene rings is 1. The van der Waals surface area contributed by atoms with Gasteiger partial charge in [0, 0.05) is 31.2 Å². The summed E-state index contributed by atoms with van der Waals surface area (Å²) < 4.78 is 26.9. The van der Waals surface area contributed by atoms with E-state index in [-0.39, 0.29) is 23.2 Å². The smallest absolute Gasteiger partial charge is 0.251 e. The van der Waals surface area contributed by atoms with E-state index in [1.807, 2.05) is 13.8 Å². The molecule has 2 rings (SSSR count). The Morgan fingerprint density at radius 2 is 1.81 bits per heavy atom. The summed E-state index contributed by atoms with van der Waals surface area (Å²) in [5, 5.41) is 6.23. The molecule has 2 N–H and O–H groups in total. The Labute approximate surface area is 163 Å². The fraction of sp³-hybridized carbons (Fsp3) is 0.611. The molecule has 0 spiro atoms. The number of carbonyl (C=O) groups excluding carboxylic acids is 1. The fourth-order valence-electron chi connectivity index (χ4n) is 3.03. The molecule has 1 aliphatic heterocycles. The molecule has 148 valence electrons. The Morgan fingerprint density at radius 3 is 2.31 bits per heavy atom. The first kappa shape index (κ1) is 22.9. The molecule has 1 heterocycles. The lowest BCUT2D eigenvalue weighted by molar-refractivity contribution is 0.0950. The van der Waals surface area contributed by atoms with E-state index in [2.05, 4.69) is 10.6 Å². The molecule has 1 atom stereocenters. The zero-order valence-corrected chi connectivity index (χ0v) is 17.2. The van der Waals surface area contributed by atoms with E-state index in [0.29, 0.717) is 31.2 Å². The van der Waals surface area contributed by atoms with Gasteiger partial charge in [-0.15, -0.1) is 12.4 Å². The van der Waals surface area contributed by atoms with E-state index in [0.717, 1.165) is 32.2 Å². The van der Waals surface area contributed by atoms with Crippen molar-refractivity contribution < 1.29 is 13.2 Å². The monoisotopic (exact) mass is 403 g/mol. The molecule has 6 nitrogen and oxygen atoms in total. The molecule has 0 aliphatic carbocycles. The number of hydrogen-bond donors (Lipinski definition) is 2. The number of nitrogens with zero attached hydrogens (tertiary/aromatic N) is 1. The maximum absolute atomic E-state index is 12.7. The van der Waals surface area contributed by atoms with Crippen molar-refractivity contribution >= 4 is 28.3 Å². The highest BCUT2D eigenvalue weighted by Crippen LogP contribution is 2.17. The van der Waals surface area contributed by atoms with Gasteiger partial charge in [-0.25, -0.2) is 8.42 Å². The summed E-state index contributed by atoms with van der Waals surface area (Å²) in [5.41, 5.74) is 0.481. The number of nitrogens with one attached hydrogen (secondary N) is 2. The van der Waals surface area contributed by atoms with Crippen LogP contribution < -0.4 is 10.6 Å². The predicted molar refractivity (Wildman–Crippen MR) is 106 cm³/mol. The first-order chi connectivity index (χ1) is 12.0. The Kier molecular flexibility index (Phi) is 9.57. The van der Waals surface area contributed by atoms with Gasteiger partial charge < -0.3 is 10.6 Å². The number of amides is 1. The SMILES string of the molecule is CCCN(CCC)S(=O)(=O)c1ccc(C(=O)NCC2CCCN2)cc1.Cl. The molecule has 1 unspecified atom stereocenters. The third-order valence-electron chi connectivity index (χ3n) is 4.37. The molecule has 0 aromatic heterocycles. The topological polar surface area (TPSA) is 78.5 Å². The quantitative estimate of drug-likeness (QED) is 0.663. The third kappa shape index (κ3) is 5.94. The second-order valence-electron chi connectivity index (χ2n) is 6.43. The van der Waals surface area contributed by atoms with Crippen LogP contribution in [0, 0.1) is 0 Å². The van der Waals surface area contributed by atoms with Gasteiger partial charge in [-0.2, -0.15) is 4.31 Å². The standard InChI is InChI=1S/C18H29N3O3S.ClH/c1-3-12-21(13-4-2)25(23,24)17-9-7-15(8-10-17)18(22)20-14-16-6-5-11-19-16;/h7-10,16,19H,3-6,11-14H2,1-2H3,(H,20,22);1H. The first-order valence-electron chi connectivity index (χ1n) is 9.10. The molecule has 0 bridgehead atoms. The second-order valence-corrected chi connectivity index (χ2v) is 8.37. The summed E-state index contributed by atoms with van der Waals surface area (Å²) in [5.74, 6) is -0.170. The number of halogens is 1. The van der Waals surface area contributed by atoms with Crippen molar-refractivity contribution in [3.63, 3.8) is 0 Å². The largest absolute Gasteiger partial charge is 0.350 e. The van der Waals surface area contributed by atoms with Crippen molar-refractivity contribution in [2.24, 2.45) is 0 Å². The molecule has 26 heavy (non-hydrogen) atoms. The molecule has 0 saturated carbocycles. The third-order valence-corrected chi connectivity index (χ3v) is 6.28. The van der Waals surface area contributed by atoms with E-state index in [1.54, 1.807) is 12.1 Å². The molecule has 8 heteroatoms. The van der Waals surface area contributed by atoms with Crippen molar-refractivity contribution in [2.75, 3.05) is 26.2 Å². The summed E-state index contributed by atoms with van der Waals surface area (Å²) in [4.78, 5) is 12.4. The van der Waals surface area contributed by atoms with Crippen LogP contribution >= 0.6 is 12.4 Å². The highest BCUT2D eigenvalue weighted by atomic mass is 35.5. The number of carbonyl (C=O) groups is 1. The number of rotatable bonds is 9. The predicted octanol–water partition coefficient (Wildman–Crippen LogP) is 2.40. The van der Waals surface area contributed by atoms with E-state index in [9.17, 15) is 13.2 Å². The molecule has 1 amide bonds. The first-order valence-corrected chi connectivity index (χ1v) is 10.5. The molecule has 1 aromatic carbocycles. The zero-order chi connectivity index (χ0) is 18.3. The Hall–Kier alpha value is -1.15. The van der Waals surface area contributed by atoms with Gasteiger partial charge in [0.05, 0.1) is 4.90 Å².